The Bertz CT molecular complexity index is 404. The molecule has 0 N–H and O–H groups in total. The van der Waals surface area contributed by atoms with Crippen LogP contribution in [-0.4, -0.2) is 11.3 Å². The number of rotatable bonds is 3. The van der Waals surface area contributed by atoms with Crippen LogP contribution in [0.2, 0.25) is 0 Å². The highest BCUT2D eigenvalue weighted by molar-refractivity contribution is 14.1. The molecule has 0 aliphatic rings. The number of hydrogen-bond acceptors (Lipinski definition) is 2. The monoisotopic (exact) mass is 360 g/mol. The molecule has 0 saturated carbocycles. The zero-order chi connectivity index (χ0) is 12.3. The molecule has 88 valence electrons. The standard InChI is InChI=1S/C10H8F3IOS/c1-2-9(15)7-4-3-6(5-8(7)14)16-10(11,12)13/h3-5H,2H2,1H3. The van der Waals surface area contributed by atoms with Crippen LogP contribution >= 0.6 is 34.4 Å². The molecule has 6 heteroatoms. The first-order valence-corrected chi connectivity index (χ1v) is 6.31. The molecule has 0 heterocycles. The van der Waals surface area contributed by atoms with Gasteiger partial charge in [0, 0.05) is 20.4 Å². The van der Waals surface area contributed by atoms with Gasteiger partial charge in [-0.1, -0.05) is 6.92 Å². The van der Waals surface area contributed by atoms with Crippen LogP contribution < -0.4 is 0 Å². The van der Waals surface area contributed by atoms with Crippen molar-refractivity contribution in [3.05, 3.63) is 27.3 Å². The van der Waals surface area contributed by atoms with Gasteiger partial charge in [-0.05, 0) is 52.6 Å². The minimum atomic E-state index is -4.29. The Hall–Kier alpha value is -0.240. The highest BCUT2D eigenvalue weighted by Gasteiger charge is 2.29. The summed E-state index contributed by atoms with van der Waals surface area (Å²) in [6, 6.07) is 4.15. The Labute approximate surface area is 109 Å². The summed E-state index contributed by atoms with van der Waals surface area (Å²) < 4.78 is 36.8. The van der Waals surface area contributed by atoms with Crippen molar-refractivity contribution in [3.8, 4) is 0 Å². The lowest BCUT2D eigenvalue weighted by molar-refractivity contribution is -0.0328. The minimum absolute atomic E-state index is 0.0621. The molecule has 0 spiro atoms. The van der Waals surface area contributed by atoms with Crippen molar-refractivity contribution in [2.45, 2.75) is 23.7 Å². The van der Waals surface area contributed by atoms with E-state index in [4.69, 9.17) is 0 Å². The highest BCUT2D eigenvalue weighted by Crippen LogP contribution is 2.37. The smallest absolute Gasteiger partial charge is 0.294 e. The summed E-state index contributed by atoms with van der Waals surface area (Å²) in [6.07, 6.45) is 0.349. The van der Waals surface area contributed by atoms with E-state index in [0.29, 0.717) is 15.6 Å². The Balaban J connectivity index is 2.96. The molecule has 0 saturated heterocycles. The number of carbonyl (C=O) groups excluding carboxylic acids is 1. The summed E-state index contributed by atoms with van der Waals surface area (Å²) in [5.74, 6) is -0.0621. The topological polar surface area (TPSA) is 17.1 Å². The molecule has 16 heavy (non-hydrogen) atoms. The third-order valence-corrected chi connectivity index (χ3v) is 3.41. The minimum Gasteiger partial charge on any atom is -0.294 e. The third kappa shape index (κ3) is 3.97. The van der Waals surface area contributed by atoms with E-state index in [0.717, 1.165) is 0 Å². The Morgan fingerprint density at radius 3 is 2.50 bits per heavy atom. The van der Waals surface area contributed by atoms with Gasteiger partial charge >= 0.3 is 5.51 Å². The van der Waals surface area contributed by atoms with Crippen LogP contribution in [-0.2, 0) is 0 Å². The van der Waals surface area contributed by atoms with Crippen LogP contribution in [0.1, 0.15) is 23.7 Å². The zero-order valence-corrected chi connectivity index (χ0v) is 11.2. The van der Waals surface area contributed by atoms with Gasteiger partial charge in [0.2, 0.25) is 0 Å². The number of carbonyl (C=O) groups is 1. The lowest BCUT2D eigenvalue weighted by Crippen LogP contribution is -2.02. The highest BCUT2D eigenvalue weighted by atomic mass is 127. The van der Waals surface area contributed by atoms with E-state index in [-0.39, 0.29) is 22.4 Å². The fourth-order valence-electron chi connectivity index (χ4n) is 1.11. The van der Waals surface area contributed by atoms with Gasteiger partial charge in [0.1, 0.15) is 0 Å². The number of hydrogen-bond donors (Lipinski definition) is 0. The average Bonchev–Trinajstić information content (AvgIpc) is 2.14. The molecule has 0 aliphatic heterocycles. The fraction of sp³-hybridized carbons (Fsp3) is 0.300. The first-order valence-electron chi connectivity index (χ1n) is 4.42. The molecule has 0 fully saturated rings. The number of alkyl halides is 3. The molecular formula is C10H8F3IOS. The zero-order valence-electron chi connectivity index (χ0n) is 8.27. The number of benzene rings is 1. The molecule has 0 aliphatic carbocycles. The largest absolute Gasteiger partial charge is 0.446 e. The van der Waals surface area contributed by atoms with Crippen molar-refractivity contribution in [3.63, 3.8) is 0 Å². The maximum atomic E-state index is 12.1. The van der Waals surface area contributed by atoms with Crippen LogP contribution in [0.3, 0.4) is 0 Å². The van der Waals surface area contributed by atoms with Gasteiger partial charge in [-0.25, -0.2) is 0 Å². The second-order valence-corrected chi connectivity index (χ2v) is 5.27. The van der Waals surface area contributed by atoms with Crippen molar-refractivity contribution in [2.24, 2.45) is 0 Å². The van der Waals surface area contributed by atoms with Crippen molar-refractivity contribution < 1.29 is 18.0 Å². The Morgan fingerprint density at radius 1 is 1.44 bits per heavy atom. The summed E-state index contributed by atoms with van der Waals surface area (Å²) in [4.78, 5) is 11.5. The van der Waals surface area contributed by atoms with Gasteiger partial charge in [-0.15, -0.1) is 0 Å². The number of halogens is 4. The van der Waals surface area contributed by atoms with Crippen LogP contribution in [0.5, 0.6) is 0 Å². The third-order valence-electron chi connectivity index (χ3n) is 1.80. The van der Waals surface area contributed by atoms with Gasteiger partial charge in [-0.2, -0.15) is 13.2 Å². The van der Waals surface area contributed by atoms with Gasteiger partial charge < -0.3 is 0 Å². The molecule has 0 amide bonds. The van der Waals surface area contributed by atoms with E-state index in [1.807, 2.05) is 22.6 Å². The van der Waals surface area contributed by atoms with Gasteiger partial charge in [0.15, 0.2) is 5.78 Å². The van der Waals surface area contributed by atoms with Gasteiger partial charge in [-0.3, -0.25) is 4.79 Å². The van der Waals surface area contributed by atoms with Crippen LogP contribution in [0.4, 0.5) is 13.2 Å². The lowest BCUT2D eigenvalue weighted by Gasteiger charge is -2.07. The molecular weight excluding hydrogens is 352 g/mol. The van der Waals surface area contributed by atoms with Gasteiger partial charge in [0.05, 0.1) is 0 Å². The van der Waals surface area contributed by atoms with Crippen LogP contribution in [0.25, 0.3) is 0 Å². The van der Waals surface area contributed by atoms with Crippen LogP contribution in [0, 0.1) is 3.57 Å². The van der Waals surface area contributed by atoms with Crippen molar-refractivity contribution >= 4 is 40.1 Å². The molecule has 0 radical (unpaired) electrons. The van der Waals surface area contributed by atoms with E-state index in [9.17, 15) is 18.0 Å². The molecule has 1 nitrogen and oxygen atoms in total. The van der Waals surface area contributed by atoms with E-state index in [1.165, 1.54) is 18.2 Å². The lowest BCUT2D eigenvalue weighted by atomic mass is 10.1. The maximum Gasteiger partial charge on any atom is 0.446 e. The van der Waals surface area contributed by atoms with E-state index >= 15 is 0 Å². The molecule has 0 unspecified atom stereocenters. The first-order chi connectivity index (χ1) is 7.33. The van der Waals surface area contributed by atoms with Gasteiger partial charge in [0.25, 0.3) is 0 Å². The first kappa shape index (κ1) is 13.8. The summed E-state index contributed by atoms with van der Waals surface area (Å²) in [5, 5.41) is 0. The molecule has 1 aromatic carbocycles. The van der Waals surface area contributed by atoms with Crippen molar-refractivity contribution in [1.82, 2.24) is 0 Å². The predicted molar refractivity (Wildman–Crippen MR) is 65.7 cm³/mol. The molecule has 1 aromatic rings. The second-order valence-electron chi connectivity index (χ2n) is 2.97. The Morgan fingerprint density at radius 2 is 2.06 bits per heavy atom. The molecule has 0 bridgehead atoms. The van der Waals surface area contributed by atoms with E-state index in [2.05, 4.69) is 0 Å². The number of Topliss-reactive ketones (excluding diaryl/α,β-unsaturated/α-hetero) is 1. The fourth-order valence-corrected chi connectivity index (χ4v) is 2.72. The summed E-state index contributed by atoms with van der Waals surface area (Å²) in [5.41, 5.74) is -3.81. The van der Waals surface area contributed by atoms with E-state index < -0.39 is 5.51 Å². The number of ketones is 1. The predicted octanol–water partition coefficient (Wildman–Crippen LogP) is 4.50. The average molecular weight is 360 g/mol. The normalized spacial score (nSPS) is 11.6. The summed E-state index contributed by atoms with van der Waals surface area (Å²) >= 11 is 1.70. The van der Waals surface area contributed by atoms with Crippen LogP contribution in [0.15, 0.2) is 23.1 Å². The number of thioether (sulfide) groups is 1. The molecule has 0 atom stereocenters. The Kier molecular flexibility index (Phi) is 4.66. The molecule has 1 rings (SSSR count). The maximum absolute atomic E-state index is 12.1. The molecule has 0 aromatic heterocycles. The van der Waals surface area contributed by atoms with Crippen molar-refractivity contribution in [1.29, 1.82) is 0 Å². The van der Waals surface area contributed by atoms with Crippen molar-refractivity contribution in [2.75, 3.05) is 0 Å². The quantitative estimate of drug-likeness (QED) is 0.449. The SMILES string of the molecule is CCC(=O)c1ccc(SC(F)(F)F)cc1I. The van der Waals surface area contributed by atoms with E-state index in [1.54, 1.807) is 6.92 Å². The summed E-state index contributed by atoms with van der Waals surface area (Å²) in [6.45, 7) is 1.72. The second kappa shape index (κ2) is 5.39. The summed E-state index contributed by atoms with van der Waals surface area (Å²) in [7, 11) is 0.